The lowest BCUT2D eigenvalue weighted by Crippen LogP contribution is -1.87. The van der Waals surface area contributed by atoms with Crippen LogP contribution in [0.25, 0.3) is 11.1 Å². The van der Waals surface area contributed by atoms with E-state index < -0.39 is 0 Å². The molecule has 0 fully saturated rings. The molecule has 2 aromatic rings. The summed E-state index contributed by atoms with van der Waals surface area (Å²) < 4.78 is 0. The number of rotatable bonds is 1. The van der Waals surface area contributed by atoms with Gasteiger partial charge in [-0.15, -0.1) is 0 Å². The Morgan fingerprint density at radius 2 is 1.06 bits per heavy atom. The molecule has 0 aliphatic carbocycles. The predicted octanol–water partition coefficient (Wildman–Crippen LogP) is 3.54. The van der Waals surface area contributed by atoms with Crippen LogP contribution in [0, 0.1) is 0 Å². The van der Waals surface area contributed by atoms with Crippen molar-refractivity contribution in [2.45, 2.75) is 13.8 Å². The van der Waals surface area contributed by atoms with Gasteiger partial charge in [0.2, 0.25) is 0 Å². The second kappa shape index (κ2) is 5.81. The largest absolute Gasteiger partial charge is 0.399 e. The highest BCUT2D eigenvalue weighted by Crippen LogP contribution is 2.22. The minimum absolute atomic E-state index is 0.768. The number of hydrogen-bond donors (Lipinski definition) is 2. The first-order valence-corrected chi connectivity index (χ1v) is 5.47. The number of nitrogen functional groups attached to an aromatic ring is 2. The van der Waals surface area contributed by atoms with E-state index in [2.05, 4.69) is 0 Å². The third-order valence-electron chi connectivity index (χ3n) is 2.11. The Labute approximate surface area is 96.9 Å². The summed E-state index contributed by atoms with van der Waals surface area (Å²) in [5.41, 5.74) is 15.1. The summed E-state index contributed by atoms with van der Waals surface area (Å²) in [6.07, 6.45) is 0. The first kappa shape index (κ1) is 12.1. The fraction of sp³-hybridized carbons (Fsp3) is 0.143. The summed E-state index contributed by atoms with van der Waals surface area (Å²) in [7, 11) is 0. The summed E-state index contributed by atoms with van der Waals surface area (Å²) in [5.74, 6) is 0. The predicted molar refractivity (Wildman–Crippen MR) is 72.1 cm³/mol. The van der Waals surface area contributed by atoms with Gasteiger partial charge in [-0.1, -0.05) is 38.1 Å². The minimum atomic E-state index is 0.768. The molecule has 0 spiro atoms. The monoisotopic (exact) mass is 214 g/mol. The molecule has 2 heteroatoms. The van der Waals surface area contributed by atoms with Crippen molar-refractivity contribution in [2.75, 3.05) is 11.5 Å². The molecule has 0 aromatic heterocycles. The molecule has 2 aromatic carbocycles. The van der Waals surface area contributed by atoms with E-state index >= 15 is 0 Å². The molecule has 0 heterocycles. The molecule has 2 nitrogen and oxygen atoms in total. The zero-order valence-corrected chi connectivity index (χ0v) is 9.77. The van der Waals surface area contributed by atoms with Crippen LogP contribution in [0.3, 0.4) is 0 Å². The minimum Gasteiger partial charge on any atom is -0.399 e. The fourth-order valence-corrected chi connectivity index (χ4v) is 1.44. The van der Waals surface area contributed by atoms with E-state index in [-0.39, 0.29) is 0 Å². The number of nitrogens with two attached hydrogens (primary N) is 2. The molecule has 0 aliphatic heterocycles. The maximum Gasteiger partial charge on any atom is 0.0320 e. The molecule has 0 saturated carbocycles. The van der Waals surface area contributed by atoms with E-state index in [1.807, 2.05) is 62.4 Å². The average Bonchev–Trinajstić information content (AvgIpc) is 2.32. The SMILES string of the molecule is CC.Nc1cccc(-c2cccc(N)c2)c1. The van der Waals surface area contributed by atoms with Crippen molar-refractivity contribution < 1.29 is 0 Å². The normalized spacial score (nSPS) is 9.12. The lowest BCUT2D eigenvalue weighted by Gasteiger charge is -2.03. The lowest BCUT2D eigenvalue weighted by molar-refractivity contribution is 1.50. The summed E-state index contributed by atoms with van der Waals surface area (Å²) >= 11 is 0. The highest BCUT2D eigenvalue weighted by molar-refractivity contribution is 5.70. The summed E-state index contributed by atoms with van der Waals surface area (Å²) in [6.45, 7) is 4.00. The van der Waals surface area contributed by atoms with Crippen LogP contribution in [0.15, 0.2) is 48.5 Å². The Bertz CT molecular complexity index is 406. The van der Waals surface area contributed by atoms with Gasteiger partial charge in [0.05, 0.1) is 0 Å². The van der Waals surface area contributed by atoms with Gasteiger partial charge in [-0.25, -0.2) is 0 Å². The van der Waals surface area contributed by atoms with Crippen LogP contribution in [-0.2, 0) is 0 Å². The molecule has 0 aliphatic rings. The fourth-order valence-electron chi connectivity index (χ4n) is 1.44. The maximum atomic E-state index is 5.70. The summed E-state index contributed by atoms with van der Waals surface area (Å²) in [5, 5.41) is 0. The van der Waals surface area contributed by atoms with Gasteiger partial charge in [0.1, 0.15) is 0 Å². The third kappa shape index (κ3) is 3.02. The molecule has 84 valence electrons. The van der Waals surface area contributed by atoms with Crippen LogP contribution in [0.1, 0.15) is 13.8 Å². The molecule has 0 radical (unpaired) electrons. The zero-order valence-electron chi connectivity index (χ0n) is 9.77. The second-order valence-electron chi connectivity index (χ2n) is 3.25. The van der Waals surface area contributed by atoms with E-state index in [1.165, 1.54) is 0 Å². The van der Waals surface area contributed by atoms with E-state index in [9.17, 15) is 0 Å². The van der Waals surface area contributed by atoms with Crippen LogP contribution >= 0.6 is 0 Å². The van der Waals surface area contributed by atoms with Crippen molar-refractivity contribution >= 4 is 11.4 Å². The molecule has 0 saturated heterocycles. The van der Waals surface area contributed by atoms with Gasteiger partial charge in [0, 0.05) is 11.4 Å². The van der Waals surface area contributed by atoms with Crippen LogP contribution < -0.4 is 11.5 Å². The summed E-state index contributed by atoms with van der Waals surface area (Å²) in [4.78, 5) is 0. The van der Waals surface area contributed by atoms with Crippen molar-refractivity contribution in [3.63, 3.8) is 0 Å². The Hall–Kier alpha value is -1.96. The zero-order chi connectivity index (χ0) is 12.0. The van der Waals surface area contributed by atoms with Crippen molar-refractivity contribution in [3.8, 4) is 11.1 Å². The van der Waals surface area contributed by atoms with Gasteiger partial charge in [-0.2, -0.15) is 0 Å². The molecule has 16 heavy (non-hydrogen) atoms. The van der Waals surface area contributed by atoms with E-state index in [0.29, 0.717) is 0 Å². The molecular weight excluding hydrogens is 196 g/mol. The molecule has 4 N–H and O–H groups in total. The van der Waals surface area contributed by atoms with Crippen molar-refractivity contribution in [1.82, 2.24) is 0 Å². The van der Waals surface area contributed by atoms with E-state index in [1.54, 1.807) is 0 Å². The number of hydrogen-bond acceptors (Lipinski definition) is 2. The second-order valence-corrected chi connectivity index (χ2v) is 3.25. The van der Waals surface area contributed by atoms with E-state index in [4.69, 9.17) is 11.5 Å². The number of benzene rings is 2. The Morgan fingerprint density at radius 1 is 0.688 bits per heavy atom. The van der Waals surface area contributed by atoms with Crippen molar-refractivity contribution in [3.05, 3.63) is 48.5 Å². The van der Waals surface area contributed by atoms with Gasteiger partial charge in [0.25, 0.3) is 0 Å². The summed E-state index contributed by atoms with van der Waals surface area (Å²) in [6, 6.07) is 15.5. The van der Waals surface area contributed by atoms with Crippen molar-refractivity contribution in [2.24, 2.45) is 0 Å². The molecular formula is C14H18N2. The first-order valence-electron chi connectivity index (χ1n) is 5.47. The Kier molecular flexibility index (Phi) is 4.40. The standard InChI is InChI=1S/C12H12N2.C2H6/c13-11-5-1-3-9(7-11)10-4-2-6-12(14)8-10;1-2/h1-8H,13-14H2;1-2H3. The van der Waals surface area contributed by atoms with Crippen LogP contribution in [0.4, 0.5) is 11.4 Å². The lowest BCUT2D eigenvalue weighted by atomic mass is 10.0. The first-order chi connectivity index (χ1) is 7.75. The van der Waals surface area contributed by atoms with Gasteiger partial charge in [0.15, 0.2) is 0 Å². The maximum absolute atomic E-state index is 5.70. The molecule has 0 bridgehead atoms. The molecule has 0 atom stereocenters. The number of anilines is 2. The Balaban J connectivity index is 0.000000606. The van der Waals surface area contributed by atoms with Gasteiger partial charge in [-0.05, 0) is 35.4 Å². The van der Waals surface area contributed by atoms with Crippen LogP contribution in [0.2, 0.25) is 0 Å². The van der Waals surface area contributed by atoms with Crippen LogP contribution in [-0.4, -0.2) is 0 Å². The highest BCUT2D eigenvalue weighted by Gasteiger charge is 1.97. The van der Waals surface area contributed by atoms with Gasteiger partial charge >= 0.3 is 0 Å². The molecule has 0 amide bonds. The Morgan fingerprint density at radius 3 is 1.38 bits per heavy atom. The van der Waals surface area contributed by atoms with Crippen LogP contribution in [0.5, 0.6) is 0 Å². The smallest absolute Gasteiger partial charge is 0.0320 e. The quantitative estimate of drug-likeness (QED) is 0.713. The highest BCUT2D eigenvalue weighted by atomic mass is 14.5. The van der Waals surface area contributed by atoms with Crippen molar-refractivity contribution in [1.29, 1.82) is 0 Å². The molecule has 0 unspecified atom stereocenters. The third-order valence-corrected chi connectivity index (χ3v) is 2.11. The average molecular weight is 214 g/mol. The van der Waals surface area contributed by atoms with Gasteiger partial charge in [-0.3, -0.25) is 0 Å². The molecule has 2 rings (SSSR count). The topological polar surface area (TPSA) is 52.0 Å². The van der Waals surface area contributed by atoms with E-state index in [0.717, 1.165) is 22.5 Å². The van der Waals surface area contributed by atoms with Gasteiger partial charge < -0.3 is 11.5 Å².